The first-order valence-corrected chi connectivity index (χ1v) is 9.03. The topological polar surface area (TPSA) is 72.2 Å². The maximum Gasteiger partial charge on any atom is 0.344 e. The van der Waals surface area contributed by atoms with Gasteiger partial charge >= 0.3 is 5.63 Å². The Morgan fingerprint density at radius 2 is 1.79 bits per heavy atom. The van der Waals surface area contributed by atoms with Gasteiger partial charge in [-0.1, -0.05) is 47.5 Å². The van der Waals surface area contributed by atoms with Gasteiger partial charge in [0.25, 0.3) is 5.91 Å². The summed E-state index contributed by atoms with van der Waals surface area (Å²) in [6.45, 7) is 0. The number of hydrogen-bond donors (Lipinski definition) is 1. The van der Waals surface area contributed by atoms with Gasteiger partial charge in [-0.2, -0.15) is 0 Å². The van der Waals surface area contributed by atoms with Gasteiger partial charge in [0.15, 0.2) is 0 Å². The molecule has 1 N–H and O–H groups in total. The fourth-order valence-electron chi connectivity index (χ4n) is 2.81. The molecule has 0 aliphatic carbocycles. The second-order valence-electron chi connectivity index (χ2n) is 5.98. The van der Waals surface area contributed by atoms with Crippen molar-refractivity contribution >= 4 is 45.8 Å². The molecule has 28 heavy (non-hydrogen) atoms. The van der Waals surface area contributed by atoms with Gasteiger partial charge in [0.2, 0.25) is 0 Å². The first-order valence-electron chi connectivity index (χ1n) is 8.27. The van der Waals surface area contributed by atoms with Crippen molar-refractivity contribution in [3.63, 3.8) is 0 Å². The molecule has 0 atom stereocenters. The van der Waals surface area contributed by atoms with Gasteiger partial charge in [-0.05, 0) is 36.4 Å². The third-order valence-electron chi connectivity index (χ3n) is 4.16. The quantitative estimate of drug-likeness (QED) is 0.361. The van der Waals surface area contributed by atoms with E-state index in [4.69, 9.17) is 27.6 Å². The number of rotatable bonds is 3. The van der Waals surface area contributed by atoms with Crippen LogP contribution >= 0.6 is 23.2 Å². The fraction of sp³-hybridized carbons (Fsp3) is 0. The van der Waals surface area contributed by atoms with E-state index in [0.717, 1.165) is 5.39 Å². The molecule has 0 spiro atoms. The van der Waals surface area contributed by atoms with Crippen molar-refractivity contribution in [3.8, 4) is 11.1 Å². The summed E-state index contributed by atoms with van der Waals surface area (Å²) in [6.07, 6.45) is 1.50. The summed E-state index contributed by atoms with van der Waals surface area (Å²) in [5.41, 5.74) is 1.59. The van der Waals surface area contributed by atoms with Gasteiger partial charge in [-0.3, -0.25) is 4.79 Å². The lowest BCUT2D eigenvalue weighted by Crippen LogP contribution is -2.13. The molecule has 2 aromatic carbocycles. The number of anilines is 1. The average Bonchev–Trinajstić information content (AvgIpc) is 2.68. The van der Waals surface area contributed by atoms with Crippen LogP contribution in [0.25, 0.3) is 22.1 Å². The van der Waals surface area contributed by atoms with Crippen LogP contribution in [0.4, 0.5) is 5.69 Å². The van der Waals surface area contributed by atoms with Crippen LogP contribution in [-0.2, 0) is 0 Å². The Kier molecular flexibility index (Phi) is 4.86. The molecule has 4 rings (SSSR count). The largest absolute Gasteiger partial charge is 0.422 e. The minimum absolute atomic E-state index is 0.108. The highest BCUT2D eigenvalue weighted by Gasteiger charge is 2.14. The molecule has 138 valence electrons. The average molecular weight is 411 g/mol. The summed E-state index contributed by atoms with van der Waals surface area (Å²) in [6, 6.07) is 17.0. The van der Waals surface area contributed by atoms with E-state index in [0.29, 0.717) is 27.4 Å². The number of carbonyl (C=O) groups excluding carboxylic acids is 1. The predicted octanol–water partition coefficient (Wildman–Crippen LogP) is 5.41. The first-order chi connectivity index (χ1) is 13.5. The van der Waals surface area contributed by atoms with Crippen molar-refractivity contribution in [1.29, 1.82) is 0 Å². The molecule has 0 aliphatic heterocycles. The zero-order valence-electron chi connectivity index (χ0n) is 14.3. The summed E-state index contributed by atoms with van der Waals surface area (Å²) in [7, 11) is 0. The molecule has 2 aromatic heterocycles. The molecule has 2 heterocycles. The smallest absolute Gasteiger partial charge is 0.344 e. The molecular weight excluding hydrogens is 399 g/mol. The number of para-hydroxylation sites is 1. The first kappa shape index (κ1) is 18.2. The lowest BCUT2D eigenvalue weighted by atomic mass is 10.1. The van der Waals surface area contributed by atoms with Crippen LogP contribution in [0, 0.1) is 0 Å². The molecule has 0 saturated heterocycles. The number of benzene rings is 2. The summed E-state index contributed by atoms with van der Waals surface area (Å²) in [4.78, 5) is 28.6. The number of pyridine rings is 1. The maximum atomic E-state index is 12.4. The Balaban J connectivity index is 1.67. The fourth-order valence-corrected chi connectivity index (χ4v) is 3.30. The normalized spacial score (nSPS) is 10.8. The number of aromatic nitrogens is 1. The zero-order chi connectivity index (χ0) is 19.7. The van der Waals surface area contributed by atoms with E-state index in [1.165, 1.54) is 6.20 Å². The zero-order valence-corrected chi connectivity index (χ0v) is 15.8. The van der Waals surface area contributed by atoms with E-state index >= 15 is 0 Å². The van der Waals surface area contributed by atoms with Crippen molar-refractivity contribution in [1.82, 2.24) is 4.98 Å². The monoisotopic (exact) mass is 410 g/mol. The molecule has 7 heteroatoms. The number of halogens is 2. The molecule has 0 unspecified atom stereocenters. The standard InChI is InChI=1S/C21H12Cl2N2O3/c22-17-11-13(25-20(26)15-5-3-9-24-19(15)23)7-8-14(17)16-10-12-4-1-2-6-18(12)28-21(16)27/h1-11H,(H,25,26). The van der Waals surface area contributed by atoms with Gasteiger partial charge < -0.3 is 9.73 Å². The Labute approximate surface area is 169 Å². The van der Waals surface area contributed by atoms with Crippen molar-refractivity contribution in [2.75, 3.05) is 5.32 Å². The molecular formula is C21H12Cl2N2O3. The number of amides is 1. The van der Waals surface area contributed by atoms with Crippen LogP contribution < -0.4 is 10.9 Å². The van der Waals surface area contributed by atoms with Crippen molar-refractivity contribution in [3.05, 3.63) is 93.0 Å². The third kappa shape index (κ3) is 3.50. The van der Waals surface area contributed by atoms with Gasteiger partial charge in [-0.15, -0.1) is 0 Å². The molecule has 0 bridgehead atoms. The second kappa shape index (κ2) is 7.46. The maximum absolute atomic E-state index is 12.4. The van der Waals surface area contributed by atoms with E-state index < -0.39 is 11.5 Å². The van der Waals surface area contributed by atoms with Crippen molar-refractivity contribution in [2.45, 2.75) is 0 Å². The van der Waals surface area contributed by atoms with Crippen LogP contribution in [0.15, 0.2) is 76.1 Å². The van der Waals surface area contributed by atoms with E-state index in [-0.39, 0.29) is 10.7 Å². The number of carbonyl (C=O) groups is 1. The minimum Gasteiger partial charge on any atom is -0.422 e. The molecule has 0 radical (unpaired) electrons. The van der Waals surface area contributed by atoms with Crippen molar-refractivity contribution < 1.29 is 9.21 Å². The van der Waals surface area contributed by atoms with Crippen LogP contribution in [-0.4, -0.2) is 10.9 Å². The van der Waals surface area contributed by atoms with Crippen LogP contribution in [0.5, 0.6) is 0 Å². The number of nitrogens with zero attached hydrogens (tertiary/aromatic N) is 1. The summed E-state index contributed by atoms with van der Waals surface area (Å²) in [5, 5.41) is 3.91. The van der Waals surface area contributed by atoms with Gasteiger partial charge in [0.1, 0.15) is 10.7 Å². The Hall–Kier alpha value is -3.15. The lowest BCUT2D eigenvalue weighted by molar-refractivity contribution is 0.102. The lowest BCUT2D eigenvalue weighted by Gasteiger charge is -2.09. The third-order valence-corrected chi connectivity index (χ3v) is 4.78. The van der Waals surface area contributed by atoms with Crippen LogP contribution in [0.3, 0.4) is 0 Å². The summed E-state index contributed by atoms with van der Waals surface area (Å²) in [5.74, 6) is -0.410. The predicted molar refractivity (Wildman–Crippen MR) is 110 cm³/mol. The van der Waals surface area contributed by atoms with E-state index in [1.54, 1.807) is 48.5 Å². The molecule has 0 aliphatic rings. The van der Waals surface area contributed by atoms with E-state index in [1.807, 2.05) is 12.1 Å². The van der Waals surface area contributed by atoms with Crippen LogP contribution in [0.1, 0.15) is 10.4 Å². The highest BCUT2D eigenvalue weighted by molar-refractivity contribution is 6.34. The Bertz CT molecular complexity index is 1270. The Morgan fingerprint density at radius 1 is 0.964 bits per heavy atom. The van der Waals surface area contributed by atoms with Crippen molar-refractivity contribution in [2.24, 2.45) is 0 Å². The van der Waals surface area contributed by atoms with E-state index in [2.05, 4.69) is 10.3 Å². The van der Waals surface area contributed by atoms with Gasteiger partial charge in [-0.25, -0.2) is 9.78 Å². The Morgan fingerprint density at radius 3 is 2.57 bits per heavy atom. The SMILES string of the molecule is O=C(Nc1ccc(-c2cc3ccccc3oc2=O)c(Cl)c1)c1cccnc1Cl. The summed E-state index contributed by atoms with van der Waals surface area (Å²) >= 11 is 12.3. The van der Waals surface area contributed by atoms with Crippen LogP contribution in [0.2, 0.25) is 10.2 Å². The number of fused-ring (bicyclic) bond motifs is 1. The second-order valence-corrected chi connectivity index (χ2v) is 6.74. The number of nitrogens with one attached hydrogen (secondary N) is 1. The van der Waals surface area contributed by atoms with Gasteiger partial charge in [0.05, 0.1) is 16.1 Å². The van der Waals surface area contributed by atoms with E-state index in [9.17, 15) is 9.59 Å². The highest BCUT2D eigenvalue weighted by atomic mass is 35.5. The molecule has 1 amide bonds. The van der Waals surface area contributed by atoms with Gasteiger partial charge in [0, 0.05) is 22.8 Å². The molecule has 0 saturated carbocycles. The number of hydrogen-bond acceptors (Lipinski definition) is 4. The molecule has 4 aromatic rings. The molecule has 5 nitrogen and oxygen atoms in total. The molecule has 0 fully saturated rings. The summed E-state index contributed by atoms with van der Waals surface area (Å²) < 4.78 is 5.36. The minimum atomic E-state index is -0.487. The highest BCUT2D eigenvalue weighted by Crippen LogP contribution is 2.30.